The van der Waals surface area contributed by atoms with Crippen molar-refractivity contribution in [2.45, 2.75) is 41.5 Å². The van der Waals surface area contributed by atoms with Crippen LogP contribution in [-0.4, -0.2) is 29.9 Å². The van der Waals surface area contributed by atoms with Gasteiger partial charge in [0.05, 0.1) is 61.3 Å². The van der Waals surface area contributed by atoms with Crippen LogP contribution in [0.2, 0.25) is 0 Å². The third-order valence-electron chi connectivity index (χ3n) is 28.3. The lowest BCUT2D eigenvalue weighted by molar-refractivity contribution is 1.45. The summed E-state index contributed by atoms with van der Waals surface area (Å²) in [4.78, 5) is 30.7. The standard InChI is InChI=1S/C74H48N4S4.C58H38N2S2/c1-41-13-33-57-61(37-41)79-71(75-57)49-25-17-45(18-26-49)65-53-9-5-6-10-54(53)67(47-21-29-51(30-22-47)73-77-59-35-15-43(3)39-63(59)81-73)70-68(48-23-31-52(32-24-48)74-78-60-36-16-44(4)40-64(60)82-74)56-12-8-7-11-55(56)66(69(65)70)46-19-27-50(28-20-46)72-76-58-34-14-42(2)38-62(58)80-72;1-35-21-31-47-49(33-35)61-57(59-47)41-27-23-39(24-28-41)53-45-19-11-12-20-46(45)54(40-25-29-42(30-26-40)58-60-48-32-22-36(2)34-50(48)62-58)56-52(38-15-7-4-8-16-38)44-18-10-9-17-43(44)51(55(53)56)37-13-5-3-6-14-37/h5-40H,1-4H3;3-34H,1-2H3. The van der Waals surface area contributed by atoms with E-state index in [0.717, 1.165) is 119 Å². The molecule has 22 aromatic carbocycles. The van der Waals surface area contributed by atoms with Crippen LogP contribution in [0.25, 0.3) is 278 Å². The third kappa shape index (κ3) is 15.3. The number of aromatic nitrogens is 6. The molecule has 28 aromatic rings. The minimum atomic E-state index is 1.02. The highest BCUT2D eigenvalue weighted by Crippen LogP contribution is 2.58. The molecule has 0 bridgehead atoms. The van der Waals surface area contributed by atoms with Crippen molar-refractivity contribution in [3.63, 3.8) is 0 Å². The molecule has 0 atom stereocenters. The highest BCUT2D eigenvalue weighted by molar-refractivity contribution is 7.23. The van der Waals surface area contributed by atoms with E-state index in [9.17, 15) is 0 Å². The average Bonchev–Trinajstić information content (AvgIpc) is 0.901. The van der Waals surface area contributed by atoms with Gasteiger partial charge < -0.3 is 0 Å². The Morgan fingerprint density at radius 3 is 0.417 bits per heavy atom. The van der Waals surface area contributed by atoms with Gasteiger partial charge in [-0.3, -0.25) is 0 Å². The predicted octanol–water partition coefficient (Wildman–Crippen LogP) is 39.1. The lowest BCUT2D eigenvalue weighted by Crippen LogP contribution is -1.98. The maximum Gasteiger partial charge on any atom is 0.124 e. The van der Waals surface area contributed by atoms with Gasteiger partial charge in [0.15, 0.2) is 0 Å². The summed E-state index contributed by atoms with van der Waals surface area (Å²) in [7, 11) is 0. The Balaban J connectivity index is 0.000000149. The van der Waals surface area contributed by atoms with E-state index in [4.69, 9.17) is 29.9 Å². The first kappa shape index (κ1) is 86.8. The van der Waals surface area contributed by atoms with Gasteiger partial charge in [-0.1, -0.05) is 340 Å². The van der Waals surface area contributed by atoms with Gasteiger partial charge in [-0.05, 0) is 301 Å². The summed E-state index contributed by atoms with van der Waals surface area (Å²) < 4.78 is 7.23. The Hall–Kier alpha value is -16.3. The minimum absolute atomic E-state index is 1.02. The van der Waals surface area contributed by atoms with Crippen molar-refractivity contribution in [3.8, 4) is 152 Å². The maximum atomic E-state index is 5.14. The molecule has 0 aliphatic heterocycles. The number of benzene rings is 22. The molecule has 0 aliphatic rings. The zero-order chi connectivity index (χ0) is 96.1. The fourth-order valence-corrected chi connectivity index (χ4v) is 27.9. The van der Waals surface area contributed by atoms with Gasteiger partial charge in [0.2, 0.25) is 0 Å². The summed E-state index contributed by atoms with van der Waals surface area (Å²) in [6, 6.07) is 152. The Morgan fingerprint density at radius 1 is 0.132 bits per heavy atom. The van der Waals surface area contributed by atoms with Crippen LogP contribution in [0.1, 0.15) is 33.4 Å². The van der Waals surface area contributed by atoms with Crippen molar-refractivity contribution in [1.29, 1.82) is 0 Å². The summed E-state index contributed by atoms with van der Waals surface area (Å²) >= 11 is 10.5. The van der Waals surface area contributed by atoms with Gasteiger partial charge in [-0.15, -0.1) is 68.0 Å². The van der Waals surface area contributed by atoms with Crippen molar-refractivity contribution in [3.05, 3.63) is 446 Å². The molecule has 0 saturated carbocycles. The Morgan fingerprint density at radius 2 is 0.264 bits per heavy atom. The fraction of sp³-hybridized carbons (Fsp3) is 0.0455. The summed E-state index contributed by atoms with van der Waals surface area (Å²) in [6.07, 6.45) is 0. The second-order valence-electron chi connectivity index (χ2n) is 37.8. The lowest BCUT2D eigenvalue weighted by atomic mass is 9.77. The SMILES string of the molecule is Cc1ccc2nc(-c3ccc(-c4c5ccccc5c(-c5ccc(-c6nc7ccc(C)cc7s6)cc5)c5c(-c6ccc(-c7nc8ccc(C)cc8s7)cc6)c6ccccc6c(-c6ccc(-c7nc8ccc(C)cc8s7)cc6)c45)cc3)sc2c1.Cc1ccc2nc(-c3ccc(-c4c5ccccc5c(-c5ccc(-c6nc7ccc(C)cc7s6)cc5)c5c(-c6ccccc6)c6ccccc6c(-c6ccccc6)c45)cc3)sc2c1. The largest absolute Gasteiger partial charge is 0.236 e. The third-order valence-corrected chi connectivity index (χ3v) is 34.7. The molecule has 6 nitrogen and oxygen atoms in total. The molecule has 0 amide bonds. The smallest absolute Gasteiger partial charge is 0.124 e. The van der Waals surface area contributed by atoms with E-state index in [0.29, 0.717) is 0 Å². The van der Waals surface area contributed by atoms with E-state index >= 15 is 0 Å². The average molecular weight is 1950 g/mol. The molecule has 0 spiro atoms. The number of rotatable bonds is 14. The van der Waals surface area contributed by atoms with Gasteiger partial charge >= 0.3 is 0 Å². The van der Waals surface area contributed by atoms with Gasteiger partial charge in [0, 0.05) is 33.4 Å². The number of nitrogens with zero attached hydrogens (tertiary/aromatic N) is 6. The molecule has 28 rings (SSSR count). The van der Waals surface area contributed by atoms with E-state index in [2.05, 4.69) is 454 Å². The Bertz CT molecular complexity index is 9150. The van der Waals surface area contributed by atoms with Crippen LogP contribution in [0.15, 0.2) is 413 Å². The molecule has 12 heteroatoms. The van der Waals surface area contributed by atoms with Crippen LogP contribution in [0.5, 0.6) is 0 Å². The van der Waals surface area contributed by atoms with E-state index in [1.54, 1.807) is 68.0 Å². The van der Waals surface area contributed by atoms with Gasteiger partial charge in [-0.25, -0.2) is 29.9 Å². The van der Waals surface area contributed by atoms with Crippen molar-refractivity contribution >= 4 is 194 Å². The monoisotopic (exact) mass is 1950 g/mol. The maximum absolute atomic E-state index is 5.14. The van der Waals surface area contributed by atoms with E-state index in [1.165, 1.54) is 193 Å². The zero-order valence-corrected chi connectivity index (χ0v) is 84.3. The van der Waals surface area contributed by atoms with Gasteiger partial charge in [-0.2, -0.15) is 0 Å². The summed E-state index contributed by atoms with van der Waals surface area (Å²) in [5.41, 5.74) is 39.3. The first-order chi connectivity index (χ1) is 70.8. The molecule has 680 valence electrons. The van der Waals surface area contributed by atoms with Crippen molar-refractivity contribution in [1.82, 2.24) is 29.9 Å². The summed E-state index contributed by atoms with van der Waals surface area (Å²) in [5, 5.41) is 20.7. The summed E-state index contributed by atoms with van der Waals surface area (Å²) in [5.74, 6) is 0. The van der Waals surface area contributed by atoms with E-state index in [1.807, 2.05) is 0 Å². The number of hydrogen-bond acceptors (Lipinski definition) is 12. The van der Waals surface area contributed by atoms with Crippen LogP contribution in [0.4, 0.5) is 0 Å². The first-order valence-electron chi connectivity index (χ1n) is 48.6. The van der Waals surface area contributed by atoms with Crippen LogP contribution in [-0.2, 0) is 0 Å². The van der Waals surface area contributed by atoms with Crippen LogP contribution in [0, 0.1) is 41.5 Å². The van der Waals surface area contributed by atoms with Crippen molar-refractivity contribution in [2.24, 2.45) is 0 Å². The van der Waals surface area contributed by atoms with E-state index < -0.39 is 0 Å². The molecule has 6 aromatic heterocycles. The number of hydrogen-bond donors (Lipinski definition) is 0. The highest BCUT2D eigenvalue weighted by Gasteiger charge is 2.31. The van der Waals surface area contributed by atoms with Crippen molar-refractivity contribution < 1.29 is 0 Å². The van der Waals surface area contributed by atoms with Crippen LogP contribution < -0.4 is 0 Å². The normalized spacial score (nSPS) is 11.8. The molecule has 0 N–H and O–H groups in total. The quantitative estimate of drug-likeness (QED) is 0.101. The molecule has 0 radical (unpaired) electrons. The molecular weight excluding hydrogens is 1860 g/mol. The molecule has 144 heavy (non-hydrogen) atoms. The molecule has 0 fully saturated rings. The minimum Gasteiger partial charge on any atom is -0.236 e. The predicted molar refractivity (Wildman–Crippen MR) is 622 cm³/mol. The van der Waals surface area contributed by atoms with Gasteiger partial charge in [0.25, 0.3) is 0 Å². The number of thiazole rings is 6. The highest BCUT2D eigenvalue weighted by atomic mass is 32.1. The molecule has 0 saturated heterocycles. The van der Waals surface area contributed by atoms with E-state index in [-0.39, 0.29) is 0 Å². The zero-order valence-electron chi connectivity index (χ0n) is 79.4. The lowest BCUT2D eigenvalue weighted by Gasteiger charge is -2.25. The van der Waals surface area contributed by atoms with Crippen molar-refractivity contribution in [2.75, 3.05) is 0 Å². The Labute approximate surface area is 856 Å². The second kappa shape index (κ2) is 35.5. The number of aryl methyl sites for hydroxylation is 6. The number of fused-ring (bicyclic) bond motifs is 12. The second-order valence-corrected chi connectivity index (χ2v) is 44.0. The first-order valence-corrected chi connectivity index (χ1v) is 53.5. The van der Waals surface area contributed by atoms with Gasteiger partial charge in [0.1, 0.15) is 30.0 Å². The molecule has 0 aliphatic carbocycles. The topological polar surface area (TPSA) is 77.3 Å². The fourth-order valence-electron chi connectivity index (χ4n) is 21.5. The summed E-state index contributed by atoms with van der Waals surface area (Å²) in [6.45, 7) is 12.9. The van der Waals surface area contributed by atoms with Crippen LogP contribution in [0.3, 0.4) is 0 Å². The van der Waals surface area contributed by atoms with Crippen LogP contribution >= 0.6 is 68.0 Å². The molecule has 0 unspecified atom stereocenters. The Kier molecular flexibility index (Phi) is 21.4. The molecule has 6 heterocycles. The molecular formula is C132H86N6S6.